The third kappa shape index (κ3) is 5.42. The van der Waals surface area contributed by atoms with Gasteiger partial charge < -0.3 is 9.47 Å². The van der Waals surface area contributed by atoms with Crippen LogP contribution in [0.25, 0.3) is 0 Å². The molecular formula is C21H25NO6S. The molecule has 0 saturated heterocycles. The van der Waals surface area contributed by atoms with Crippen molar-refractivity contribution in [1.29, 1.82) is 0 Å². The quantitative estimate of drug-likeness (QED) is 0.693. The number of hydrogen-bond acceptors (Lipinski definition) is 6. The summed E-state index contributed by atoms with van der Waals surface area (Å²) in [6, 6.07) is 8.31. The van der Waals surface area contributed by atoms with Gasteiger partial charge in [0.2, 0.25) is 10.0 Å². The summed E-state index contributed by atoms with van der Waals surface area (Å²) in [4.78, 5) is 23.6. The molecule has 0 unspecified atom stereocenters. The monoisotopic (exact) mass is 419 g/mol. The van der Waals surface area contributed by atoms with Gasteiger partial charge in [-0.3, -0.25) is 4.79 Å². The molecular weight excluding hydrogens is 394 g/mol. The van der Waals surface area contributed by atoms with E-state index in [-0.39, 0.29) is 11.5 Å². The van der Waals surface area contributed by atoms with E-state index in [4.69, 9.17) is 4.74 Å². The summed E-state index contributed by atoms with van der Waals surface area (Å²) in [6.45, 7) is 6.67. The first kappa shape index (κ1) is 22.6. The number of aryl methyl sites for hydroxylation is 2. The number of hydrogen-bond donors (Lipinski definition) is 1. The molecule has 7 nitrogen and oxygen atoms in total. The molecule has 0 aliphatic carbocycles. The number of methoxy groups -OCH3 is 1. The van der Waals surface area contributed by atoms with Crippen LogP contribution in [0.2, 0.25) is 0 Å². The van der Waals surface area contributed by atoms with Gasteiger partial charge in [-0.15, -0.1) is 0 Å². The van der Waals surface area contributed by atoms with Crippen molar-refractivity contribution in [3.05, 3.63) is 63.7 Å². The molecule has 0 atom stereocenters. The van der Waals surface area contributed by atoms with Crippen LogP contribution >= 0.6 is 0 Å². The normalized spacial score (nSPS) is 11.2. The number of carbonyl (C=O) groups excluding carboxylic acids is 2. The maximum atomic E-state index is 12.7. The van der Waals surface area contributed by atoms with Crippen molar-refractivity contribution in [2.45, 2.75) is 39.2 Å². The SMILES string of the molecule is COC(=O)c1ccc(COC(=O)CNS(=O)(=O)c2c(C)c(C)cc(C)c2C)cc1. The minimum Gasteiger partial charge on any atom is -0.465 e. The van der Waals surface area contributed by atoms with Crippen molar-refractivity contribution in [2.75, 3.05) is 13.7 Å². The molecule has 0 radical (unpaired) electrons. The molecule has 0 amide bonds. The Morgan fingerprint density at radius 3 is 2.03 bits per heavy atom. The van der Waals surface area contributed by atoms with Crippen molar-refractivity contribution < 1.29 is 27.5 Å². The number of rotatable bonds is 7. The highest BCUT2D eigenvalue weighted by Crippen LogP contribution is 2.25. The highest BCUT2D eigenvalue weighted by molar-refractivity contribution is 7.89. The molecule has 29 heavy (non-hydrogen) atoms. The van der Waals surface area contributed by atoms with Gasteiger partial charge in [-0.1, -0.05) is 18.2 Å². The molecule has 2 aromatic rings. The predicted molar refractivity (Wildman–Crippen MR) is 108 cm³/mol. The third-order valence-corrected chi connectivity index (χ3v) is 6.42. The van der Waals surface area contributed by atoms with Gasteiger partial charge in [0.05, 0.1) is 17.6 Å². The van der Waals surface area contributed by atoms with E-state index in [0.717, 1.165) is 11.1 Å². The number of benzene rings is 2. The molecule has 0 heterocycles. The first-order valence-electron chi connectivity index (χ1n) is 8.96. The van der Waals surface area contributed by atoms with E-state index in [1.54, 1.807) is 38.1 Å². The molecule has 8 heteroatoms. The van der Waals surface area contributed by atoms with Crippen molar-refractivity contribution in [1.82, 2.24) is 4.72 Å². The number of carbonyl (C=O) groups is 2. The standard InChI is InChI=1S/C21H25NO6S/c1-13-10-14(2)16(4)20(15(13)3)29(25,26)22-11-19(23)28-12-17-6-8-18(9-7-17)21(24)27-5/h6-10,22H,11-12H2,1-5H3. The van der Waals surface area contributed by atoms with Crippen LogP contribution in [0.15, 0.2) is 35.2 Å². The van der Waals surface area contributed by atoms with Crippen LogP contribution in [0.5, 0.6) is 0 Å². The number of nitrogens with one attached hydrogen (secondary N) is 1. The van der Waals surface area contributed by atoms with E-state index in [2.05, 4.69) is 9.46 Å². The third-order valence-electron chi connectivity index (χ3n) is 4.75. The Morgan fingerprint density at radius 1 is 0.966 bits per heavy atom. The molecule has 0 fully saturated rings. The summed E-state index contributed by atoms with van der Waals surface area (Å²) in [5, 5.41) is 0. The Bertz CT molecular complexity index is 1000. The summed E-state index contributed by atoms with van der Waals surface area (Å²) in [5.41, 5.74) is 4.08. The van der Waals surface area contributed by atoms with Crippen LogP contribution in [0.1, 0.15) is 38.2 Å². The lowest BCUT2D eigenvalue weighted by molar-refractivity contribution is -0.143. The van der Waals surface area contributed by atoms with E-state index < -0.39 is 28.5 Å². The second-order valence-corrected chi connectivity index (χ2v) is 8.47. The van der Waals surface area contributed by atoms with Crippen LogP contribution < -0.4 is 4.72 Å². The van der Waals surface area contributed by atoms with Gasteiger partial charge in [0.1, 0.15) is 13.2 Å². The summed E-state index contributed by atoms with van der Waals surface area (Å²) >= 11 is 0. The maximum absolute atomic E-state index is 12.7. The van der Waals surface area contributed by atoms with Gasteiger partial charge >= 0.3 is 11.9 Å². The molecule has 0 bridgehead atoms. The average molecular weight is 419 g/mol. The Labute approximate surface area is 171 Å². The first-order chi connectivity index (χ1) is 13.6. The topological polar surface area (TPSA) is 98.8 Å². The molecule has 2 aromatic carbocycles. The van der Waals surface area contributed by atoms with Gasteiger partial charge in [0.25, 0.3) is 0 Å². The minimum atomic E-state index is -3.86. The smallest absolute Gasteiger partial charge is 0.337 e. The zero-order valence-corrected chi connectivity index (χ0v) is 18.0. The molecule has 0 spiro atoms. The van der Waals surface area contributed by atoms with Crippen molar-refractivity contribution in [2.24, 2.45) is 0 Å². The Hall–Kier alpha value is -2.71. The van der Waals surface area contributed by atoms with E-state index in [0.29, 0.717) is 22.3 Å². The number of esters is 2. The van der Waals surface area contributed by atoms with Crippen LogP contribution in [0.3, 0.4) is 0 Å². The highest BCUT2D eigenvalue weighted by Gasteiger charge is 2.23. The molecule has 0 aromatic heterocycles. The zero-order chi connectivity index (χ0) is 21.8. The van der Waals surface area contributed by atoms with E-state index in [9.17, 15) is 18.0 Å². The molecule has 156 valence electrons. The largest absolute Gasteiger partial charge is 0.465 e. The lowest BCUT2D eigenvalue weighted by atomic mass is 10.0. The Kier molecular flexibility index (Phi) is 7.16. The summed E-state index contributed by atoms with van der Waals surface area (Å²) in [5.74, 6) is -1.16. The van der Waals surface area contributed by atoms with Crippen LogP contribution in [0.4, 0.5) is 0 Å². The van der Waals surface area contributed by atoms with Gasteiger partial charge in [-0.05, 0) is 67.6 Å². The highest BCUT2D eigenvalue weighted by atomic mass is 32.2. The van der Waals surface area contributed by atoms with E-state index in [1.807, 2.05) is 19.9 Å². The van der Waals surface area contributed by atoms with Crippen molar-refractivity contribution >= 4 is 22.0 Å². The number of sulfonamides is 1. The fourth-order valence-corrected chi connectivity index (χ4v) is 4.46. The second kappa shape index (κ2) is 9.19. The molecule has 2 rings (SSSR count). The van der Waals surface area contributed by atoms with Gasteiger partial charge in [0, 0.05) is 0 Å². The van der Waals surface area contributed by atoms with Crippen LogP contribution in [0, 0.1) is 27.7 Å². The van der Waals surface area contributed by atoms with Crippen LogP contribution in [-0.2, 0) is 30.9 Å². The average Bonchev–Trinajstić information content (AvgIpc) is 2.69. The Balaban J connectivity index is 1.99. The van der Waals surface area contributed by atoms with E-state index >= 15 is 0 Å². The minimum absolute atomic E-state index is 0.0381. The lowest BCUT2D eigenvalue weighted by Crippen LogP contribution is -2.31. The van der Waals surface area contributed by atoms with Gasteiger partial charge in [-0.25, -0.2) is 13.2 Å². The second-order valence-electron chi connectivity index (χ2n) is 6.76. The van der Waals surface area contributed by atoms with Gasteiger partial charge in [-0.2, -0.15) is 4.72 Å². The zero-order valence-electron chi connectivity index (χ0n) is 17.2. The predicted octanol–water partition coefficient (Wildman–Crippen LogP) is 2.73. The van der Waals surface area contributed by atoms with Gasteiger partial charge in [0.15, 0.2) is 0 Å². The molecule has 0 saturated carbocycles. The molecule has 1 N–H and O–H groups in total. The molecule has 0 aliphatic heterocycles. The Morgan fingerprint density at radius 2 is 1.52 bits per heavy atom. The number of ether oxygens (including phenoxy) is 2. The fraction of sp³-hybridized carbons (Fsp3) is 0.333. The lowest BCUT2D eigenvalue weighted by Gasteiger charge is -2.16. The summed E-state index contributed by atoms with van der Waals surface area (Å²) < 4.78 is 37.5. The first-order valence-corrected chi connectivity index (χ1v) is 10.4. The fourth-order valence-electron chi connectivity index (χ4n) is 2.88. The van der Waals surface area contributed by atoms with Crippen LogP contribution in [-0.4, -0.2) is 34.0 Å². The van der Waals surface area contributed by atoms with Crippen molar-refractivity contribution in [3.8, 4) is 0 Å². The summed E-state index contributed by atoms with van der Waals surface area (Å²) in [7, 11) is -2.57. The maximum Gasteiger partial charge on any atom is 0.337 e. The summed E-state index contributed by atoms with van der Waals surface area (Å²) in [6.07, 6.45) is 0. The molecule has 0 aliphatic rings. The van der Waals surface area contributed by atoms with Crippen molar-refractivity contribution in [3.63, 3.8) is 0 Å². The van der Waals surface area contributed by atoms with E-state index in [1.165, 1.54) is 7.11 Å².